The molecule has 1 aliphatic carbocycles. The van der Waals surface area contributed by atoms with Crippen molar-refractivity contribution in [1.82, 2.24) is 0 Å². The first-order valence-electron chi connectivity index (χ1n) is 6.09. The monoisotopic (exact) mass is 220 g/mol. The van der Waals surface area contributed by atoms with Crippen LogP contribution in [0.1, 0.15) is 47.0 Å². The van der Waals surface area contributed by atoms with Crippen molar-refractivity contribution in [2.45, 2.75) is 53.1 Å². The summed E-state index contributed by atoms with van der Waals surface area (Å²) in [7, 11) is 0. The van der Waals surface area contributed by atoms with Gasteiger partial charge in [0.1, 0.15) is 0 Å². The Morgan fingerprint density at radius 3 is 2.62 bits per heavy atom. The molecule has 0 saturated heterocycles. The Kier molecular flexibility index (Phi) is 4.55. The second-order valence-corrected chi connectivity index (χ2v) is 5.55. The third-order valence-electron chi connectivity index (χ3n) is 3.17. The molecule has 1 atom stereocenters. The van der Waals surface area contributed by atoms with E-state index in [0.717, 1.165) is 24.8 Å². The number of aliphatic hydroxyl groups is 1. The minimum atomic E-state index is -0.316. The molecule has 1 heteroatoms. The molecule has 0 spiro atoms. The SMILES string of the molecule is C/C1=C\C[C@@H](O)/C(C)=C/CC(C)(C)/C=C/C1. The molecule has 0 aromatic rings. The van der Waals surface area contributed by atoms with Gasteiger partial charge in [0.25, 0.3) is 0 Å². The lowest BCUT2D eigenvalue weighted by molar-refractivity contribution is 0.213. The molecule has 1 nitrogen and oxygen atoms in total. The Balaban J connectivity index is 2.90. The lowest BCUT2D eigenvalue weighted by Gasteiger charge is -2.19. The summed E-state index contributed by atoms with van der Waals surface area (Å²) >= 11 is 0. The van der Waals surface area contributed by atoms with Crippen molar-refractivity contribution in [2.24, 2.45) is 5.41 Å². The highest BCUT2D eigenvalue weighted by molar-refractivity contribution is 5.14. The first-order valence-corrected chi connectivity index (χ1v) is 6.09. The summed E-state index contributed by atoms with van der Waals surface area (Å²) < 4.78 is 0. The fourth-order valence-corrected chi connectivity index (χ4v) is 1.77. The van der Waals surface area contributed by atoms with Gasteiger partial charge in [-0.3, -0.25) is 0 Å². The standard InChI is InChI=1S/C15H24O/c1-12-6-5-10-15(3,4)11-9-13(2)14(16)8-7-12/h5,7,9-10,14,16H,6,8,11H2,1-4H3/b10-5+,12-7+,13-9+/t14-/m1/s1. The van der Waals surface area contributed by atoms with E-state index < -0.39 is 0 Å². The van der Waals surface area contributed by atoms with Crippen molar-refractivity contribution in [3.63, 3.8) is 0 Å². The van der Waals surface area contributed by atoms with Crippen LogP contribution in [0.15, 0.2) is 35.5 Å². The lowest BCUT2D eigenvalue weighted by Crippen LogP contribution is -2.09. The predicted octanol–water partition coefficient (Wildman–Crippen LogP) is 4.01. The van der Waals surface area contributed by atoms with E-state index >= 15 is 0 Å². The Labute approximate surface area is 99.6 Å². The molecule has 0 aromatic carbocycles. The second kappa shape index (κ2) is 5.49. The predicted molar refractivity (Wildman–Crippen MR) is 70.3 cm³/mol. The number of aliphatic hydroxyl groups excluding tert-OH is 1. The third-order valence-corrected chi connectivity index (χ3v) is 3.17. The normalized spacial score (nSPS) is 35.2. The minimum absolute atomic E-state index is 0.186. The molecule has 1 N–H and O–H groups in total. The van der Waals surface area contributed by atoms with Gasteiger partial charge in [0.05, 0.1) is 6.10 Å². The Morgan fingerprint density at radius 1 is 1.25 bits per heavy atom. The molecular formula is C15H24O. The fourth-order valence-electron chi connectivity index (χ4n) is 1.77. The maximum Gasteiger partial charge on any atom is 0.0781 e. The zero-order chi connectivity index (χ0) is 12.2. The molecule has 0 amide bonds. The van der Waals surface area contributed by atoms with Crippen molar-refractivity contribution in [3.05, 3.63) is 35.5 Å². The van der Waals surface area contributed by atoms with Crippen molar-refractivity contribution in [1.29, 1.82) is 0 Å². The van der Waals surface area contributed by atoms with Gasteiger partial charge in [0.2, 0.25) is 0 Å². The van der Waals surface area contributed by atoms with Crippen LogP contribution < -0.4 is 0 Å². The third kappa shape index (κ3) is 4.36. The van der Waals surface area contributed by atoms with Crippen LogP contribution in [0.5, 0.6) is 0 Å². The molecule has 0 bridgehead atoms. The summed E-state index contributed by atoms with van der Waals surface area (Å²) in [5, 5.41) is 9.95. The zero-order valence-electron chi connectivity index (χ0n) is 11.0. The summed E-state index contributed by atoms with van der Waals surface area (Å²) in [4.78, 5) is 0. The average molecular weight is 220 g/mol. The number of rotatable bonds is 0. The molecule has 1 rings (SSSR count). The summed E-state index contributed by atoms with van der Waals surface area (Å²) in [6, 6.07) is 0. The maximum absolute atomic E-state index is 9.95. The van der Waals surface area contributed by atoms with Gasteiger partial charge in [0.15, 0.2) is 0 Å². The van der Waals surface area contributed by atoms with Crippen LogP contribution in [-0.2, 0) is 0 Å². The van der Waals surface area contributed by atoms with Gasteiger partial charge in [0, 0.05) is 0 Å². The largest absolute Gasteiger partial charge is 0.388 e. The summed E-state index contributed by atoms with van der Waals surface area (Å²) in [6.07, 6.45) is 11.2. The van der Waals surface area contributed by atoms with Gasteiger partial charge in [-0.15, -0.1) is 0 Å². The minimum Gasteiger partial charge on any atom is -0.388 e. The number of allylic oxidation sites excluding steroid dienone is 4. The zero-order valence-corrected chi connectivity index (χ0v) is 11.0. The second-order valence-electron chi connectivity index (χ2n) is 5.55. The first-order chi connectivity index (χ1) is 7.41. The topological polar surface area (TPSA) is 20.2 Å². The summed E-state index contributed by atoms with van der Waals surface area (Å²) in [5.41, 5.74) is 2.61. The first kappa shape index (κ1) is 13.2. The van der Waals surface area contributed by atoms with Crippen LogP contribution in [-0.4, -0.2) is 11.2 Å². The average Bonchev–Trinajstić information content (AvgIpc) is 2.22. The van der Waals surface area contributed by atoms with Gasteiger partial charge < -0.3 is 5.11 Å². The van der Waals surface area contributed by atoms with E-state index in [1.807, 2.05) is 6.92 Å². The molecule has 0 aliphatic heterocycles. The van der Waals surface area contributed by atoms with E-state index in [1.54, 1.807) is 0 Å². The highest BCUT2D eigenvalue weighted by atomic mass is 16.3. The van der Waals surface area contributed by atoms with Gasteiger partial charge in [-0.05, 0) is 44.1 Å². The maximum atomic E-state index is 9.95. The Hall–Kier alpha value is -0.820. The van der Waals surface area contributed by atoms with Gasteiger partial charge in [-0.1, -0.05) is 43.7 Å². The van der Waals surface area contributed by atoms with E-state index in [4.69, 9.17) is 0 Å². The van der Waals surface area contributed by atoms with Gasteiger partial charge >= 0.3 is 0 Å². The molecule has 0 heterocycles. The molecule has 0 unspecified atom stereocenters. The van der Waals surface area contributed by atoms with Crippen molar-refractivity contribution >= 4 is 0 Å². The molecule has 16 heavy (non-hydrogen) atoms. The van der Waals surface area contributed by atoms with Crippen molar-refractivity contribution in [2.75, 3.05) is 0 Å². The molecule has 90 valence electrons. The van der Waals surface area contributed by atoms with E-state index in [2.05, 4.69) is 45.1 Å². The quantitative estimate of drug-likeness (QED) is 0.612. The Bertz CT molecular complexity index is 318. The number of hydrogen-bond donors (Lipinski definition) is 1. The Morgan fingerprint density at radius 2 is 1.94 bits per heavy atom. The molecule has 0 fully saturated rings. The van der Waals surface area contributed by atoms with E-state index in [1.165, 1.54) is 5.57 Å². The summed E-state index contributed by atoms with van der Waals surface area (Å²) in [5.74, 6) is 0. The van der Waals surface area contributed by atoms with Gasteiger partial charge in [-0.25, -0.2) is 0 Å². The van der Waals surface area contributed by atoms with Gasteiger partial charge in [-0.2, -0.15) is 0 Å². The van der Waals surface area contributed by atoms with Crippen LogP contribution >= 0.6 is 0 Å². The van der Waals surface area contributed by atoms with Crippen LogP contribution in [0.2, 0.25) is 0 Å². The smallest absolute Gasteiger partial charge is 0.0781 e. The highest BCUT2D eigenvalue weighted by Gasteiger charge is 2.14. The van der Waals surface area contributed by atoms with E-state index in [9.17, 15) is 5.11 Å². The molecule has 0 saturated carbocycles. The van der Waals surface area contributed by atoms with E-state index in [0.29, 0.717) is 0 Å². The molecule has 0 radical (unpaired) electrons. The molecule has 0 aromatic heterocycles. The fraction of sp³-hybridized carbons (Fsp3) is 0.600. The lowest BCUT2D eigenvalue weighted by atomic mass is 9.87. The van der Waals surface area contributed by atoms with Crippen molar-refractivity contribution in [3.8, 4) is 0 Å². The summed E-state index contributed by atoms with van der Waals surface area (Å²) in [6.45, 7) is 8.61. The highest BCUT2D eigenvalue weighted by Crippen LogP contribution is 2.25. The van der Waals surface area contributed by atoms with Crippen LogP contribution in [0, 0.1) is 5.41 Å². The van der Waals surface area contributed by atoms with E-state index in [-0.39, 0.29) is 11.5 Å². The number of hydrogen-bond acceptors (Lipinski definition) is 1. The van der Waals surface area contributed by atoms with Crippen LogP contribution in [0.25, 0.3) is 0 Å². The van der Waals surface area contributed by atoms with Crippen LogP contribution in [0.3, 0.4) is 0 Å². The van der Waals surface area contributed by atoms with Crippen molar-refractivity contribution < 1.29 is 5.11 Å². The molecule has 1 aliphatic rings. The van der Waals surface area contributed by atoms with Crippen LogP contribution in [0.4, 0.5) is 0 Å². The molecular weight excluding hydrogens is 196 g/mol.